The van der Waals surface area contributed by atoms with Crippen molar-refractivity contribution in [2.24, 2.45) is 5.73 Å². The Morgan fingerprint density at radius 2 is 1.89 bits per heavy atom. The first-order chi connectivity index (χ1) is 9.00. The molecule has 19 heavy (non-hydrogen) atoms. The van der Waals surface area contributed by atoms with Crippen molar-refractivity contribution in [3.05, 3.63) is 20.8 Å². The molecule has 0 aromatic carbocycles. The molecule has 0 bridgehead atoms. The topological polar surface area (TPSA) is 29.3 Å². The zero-order valence-corrected chi connectivity index (χ0v) is 14.4. The Labute approximate surface area is 129 Å². The molecule has 1 aliphatic heterocycles. The molecule has 2 nitrogen and oxygen atoms in total. The van der Waals surface area contributed by atoms with Crippen LogP contribution in [0.3, 0.4) is 0 Å². The number of halogens is 1. The SMILES string of the molecule is CC(C)(C(N)Cc1ccc(Br)s1)N1CCCCCC1. The molecule has 1 aromatic rings. The summed E-state index contributed by atoms with van der Waals surface area (Å²) in [7, 11) is 0. The molecule has 2 N–H and O–H groups in total. The lowest BCUT2D eigenvalue weighted by Crippen LogP contribution is -2.57. The van der Waals surface area contributed by atoms with E-state index in [1.165, 1.54) is 47.4 Å². The van der Waals surface area contributed by atoms with E-state index >= 15 is 0 Å². The van der Waals surface area contributed by atoms with Gasteiger partial charge in [-0.2, -0.15) is 0 Å². The molecule has 1 atom stereocenters. The quantitative estimate of drug-likeness (QED) is 0.893. The molecule has 108 valence electrons. The average molecular weight is 345 g/mol. The van der Waals surface area contributed by atoms with Gasteiger partial charge >= 0.3 is 0 Å². The molecule has 1 fully saturated rings. The minimum Gasteiger partial charge on any atom is -0.326 e. The number of hydrogen-bond acceptors (Lipinski definition) is 3. The molecule has 1 aliphatic rings. The Bertz CT molecular complexity index is 395. The van der Waals surface area contributed by atoms with E-state index in [0.717, 1.165) is 6.42 Å². The third kappa shape index (κ3) is 4.03. The fraction of sp³-hybridized carbons (Fsp3) is 0.733. The summed E-state index contributed by atoms with van der Waals surface area (Å²) in [6, 6.07) is 4.50. The summed E-state index contributed by atoms with van der Waals surface area (Å²) in [6.07, 6.45) is 6.36. The van der Waals surface area contributed by atoms with Gasteiger partial charge in [0.15, 0.2) is 0 Å². The second kappa shape index (κ2) is 6.70. The van der Waals surface area contributed by atoms with Gasteiger partial charge in [-0.15, -0.1) is 11.3 Å². The van der Waals surface area contributed by atoms with Crippen LogP contribution in [0.4, 0.5) is 0 Å². The maximum absolute atomic E-state index is 6.52. The van der Waals surface area contributed by atoms with Gasteiger partial charge in [-0.1, -0.05) is 12.8 Å². The fourth-order valence-electron chi connectivity index (χ4n) is 2.81. The Balaban J connectivity index is 2.00. The number of nitrogens with two attached hydrogens (primary N) is 1. The lowest BCUT2D eigenvalue weighted by Gasteiger charge is -2.42. The Hall–Kier alpha value is 0.1000. The molecule has 0 aliphatic carbocycles. The third-order valence-corrected chi connectivity index (χ3v) is 6.02. The van der Waals surface area contributed by atoms with Gasteiger partial charge in [-0.3, -0.25) is 4.90 Å². The van der Waals surface area contributed by atoms with E-state index in [2.05, 4.69) is 46.8 Å². The van der Waals surface area contributed by atoms with Crippen molar-refractivity contribution >= 4 is 27.3 Å². The highest BCUT2D eigenvalue weighted by Crippen LogP contribution is 2.28. The molecule has 4 heteroatoms. The minimum atomic E-state index is 0.0841. The first kappa shape index (κ1) is 15.5. The Morgan fingerprint density at radius 1 is 1.26 bits per heavy atom. The molecule has 0 saturated carbocycles. The monoisotopic (exact) mass is 344 g/mol. The van der Waals surface area contributed by atoms with Crippen LogP contribution >= 0.6 is 27.3 Å². The van der Waals surface area contributed by atoms with E-state index in [9.17, 15) is 0 Å². The van der Waals surface area contributed by atoms with Crippen molar-refractivity contribution in [2.75, 3.05) is 13.1 Å². The van der Waals surface area contributed by atoms with Crippen molar-refractivity contribution in [1.82, 2.24) is 4.90 Å². The van der Waals surface area contributed by atoms with Crippen LogP contribution in [-0.2, 0) is 6.42 Å². The number of rotatable bonds is 4. The molecular weight excluding hydrogens is 320 g/mol. The van der Waals surface area contributed by atoms with Crippen molar-refractivity contribution < 1.29 is 0 Å². The zero-order valence-electron chi connectivity index (χ0n) is 12.0. The molecular formula is C15H25BrN2S. The van der Waals surface area contributed by atoms with E-state index < -0.39 is 0 Å². The lowest BCUT2D eigenvalue weighted by molar-refractivity contribution is 0.0982. The van der Waals surface area contributed by atoms with Crippen molar-refractivity contribution in [2.45, 2.75) is 57.5 Å². The molecule has 0 radical (unpaired) electrons. The molecule has 2 heterocycles. The van der Waals surface area contributed by atoms with Crippen LogP contribution in [0.1, 0.15) is 44.4 Å². The van der Waals surface area contributed by atoms with Gasteiger partial charge in [-0.05, 0) is 74.3 Å². The number of thiophene rings is 1. The Kier molecular flexibility index (Phi) is 5.46. The second-order valence-electron chi connectivity index (χ2n) is 6.07. The largest absolute Gasteiger partial charge is 0.326 e. The summed E-state index contributed by atoms with van der Waals surface area (Å²) >= 11 is 5.33. The molecule has 2 rings (SSSR count). The summed E-state index contributed by atoms with van der Waals surface area (Å²) in [5.74, 6) is 0. The summed E-state index contributed by atoms with van der Waals surface area (Å²) in [5, 5.41) is 0. The number of likely N-dealkylation sites (tertiary alicyclic amines) is 1. The normalized spacial score (nSPS) is 20.2. The first-order valence-electron chi connectivity index (χ1n) is 7.25. The highest BCUT2D eigenvalue weighted by atomic mass is 79.9. The van der Waals surface area contributed by atoms with Gasteiger partial charge in [0.2, 0.25) is 0 Å². The van der Waals surface area contributed by atoms with E-state index in [0.29, 0.717) is 0 Å². The van der Waals surface area contributed by atoms with E-state index in [4.69, 9.17) is 5.73 Å². The van der Waals surface area contributed by atoms with Crippen LogP contribution in [-0.4, -0.2) is 29.6 Å². The van der Waals surface area contributed by atoms with E-state index in [1.807, 2.05) is 0 Å². The molecule has 0 amide bonds. The van der Waals surface area contributed by atoms with E-state index in [1.54, 1.807) is 11.3 Å². The summed E-state index contributed by atoms with van der Waals surface area (Å²) in [4.78, 5) is 3.98. The highest BCUT2D eigenvalue weighted by Gasteiger charge is 2.33. The van der Waals surface area contributed by atoms with Crippen molar-refractivity contribution in [1.29, 1.82) is 0 Å². The summed E-state index contributed by atoms with van der Waals surface area (Å²) < 4.78 is 1.20. The van der Waals surface area contributed by atoms with Gasteiger partial charge in [0.1, 0.15) is 0 Å². The molecule has 1 unspecified atom stereocenters. The predicted octanol–water partition coefficient (Wildman–Crippen LogP) is 4.04. The standard InChI is InChI=1S/C15H25BrN2S/c1-15(2,18-9-5-3-4-6-10-18)13(17)11-12-7-8-14(16)19-12/h7-8,13H,3-6,9-11,17H2,1-2H3. The lowest BCUT2D eigenvalue weighted by atomic mass is 9.90. The molecule has 0 spiro atoms. The van der Waals surface area contributed by atoms with Crippen molar-refractivity contribution in [3.63, 3.8) is 0 Å². The number of hydrogen-bond donors (Lipinski definition) is 1. The fourth-order valence-corrected chi connectivity index (χ4v) is 4.35. The smallest absolute Gasteiger partial charge is 0.0701 e. The zero-order chi connectivity index (χ0) is 13.9. The first-order valence-corrected chi connectivity index (χ1v) is 8.86. The van der Waals surface area contributed by atoms with Crippen LogP contribution in [0.2, 0.25) is 0 Å². The molecule has 1 saturated heterocycles. The maximum Gasteiger partial charge on any atom is 0.0701 e. The van der Waals surface area contributed by atoms with Crippen LogP contribution < -0.4 is 5.73 Å². The van der Waals surface area contributed by atoms with E-state index in [-0.39, 0.29) is 11.6 Å². The summed E-state index contributed by atoms with van der Waals surface area (Å²) in [5.41, 5.74) is 6.61. The summed E-state index contributed by atoms with van der Waals surface area (Å²) in [6.45, 7) is 7.03. The van der Waals surface area contributed by atoms with Crippen LogP contribution in [0.25, 0.3) is 0 Å². The van der Waals surface area contributed by atoms with Gasteiger partial charge in [0.25, 0.3) is 0 Å². The maximum atomic E-state index is 6.52. The predicted molar refractivity (Wildman–Crippen MR) is 87.8 cm³/mol. The number of nitrogens with zero attached hydrogens (tertiary/aromatic N) is 1. The van der Waals surface area contributed by atoms with Crippen LogP contribution in [0.5, 0.6) is 0 Å². The Morgan fingerprint density at radius 3 is 2.42 bits per heavy atom. The third-order valence-electron chi connectivity index (χ3n) is 4.38. The van der Waals surface area contributed by atoms with Gasteiger partial charge in [-0.25, -0.2) is 0 Å². The van der Waals surface area contributed by atoms with Crippen LogP contribution in [0.15, 0.2) is 15.9 Å². The average Bonchev–Trinajstić information content (AvgIpc) is 2.63. The second-order valence-corrected chi connectivity index (χ2v) is 8.62. The van der Waals surface area contributed by atoms with Crippen molar-refractivity contribution in [3.8, 4) is 0 Å². The van der Waals surface area contributed by atoms with Gasteiger partial charge < -0.3 is 5.73 Å². The molecule has 1 aromatic heterocycles. The van der Waals surface area contributed by atoms with Crippen LogP contribution in [0, 0.1) is 0 Å². The van der Waals surface area contributed by atoms with Gasteiger partial charge in [0, 0.05) is 16.5 Å². The highest BCUT2D eigenvalue weighted by molar-refractivity contribution is 9.11. The minimum absolute atomic E-state index is 0.0841. The van der Waals surface area contributed by atoms with Gasteiger partial charge in [0.05, 0.1) is 3.79 Å².